The summed E-state index contributed by atoms with van der Waals surface area (Å²) in [6.45, 7) is 0. The molecule has 2 heterocycles. The first kappa shape index (κ1) is 21.0. The molecule has 0 atom stereocenters. The molecule has 0 aliphatic heterocycles. The summed E-state index contributed by atoms with van der Waals surface area (Å²) in [5.74, 6) is 0.0539. The van der Waals surface area contributed by atoms with E-state index in [1.54, 1.807) is 23.0 Å². The Morgan fingerprint density at radius 1 is 1.09 bits per heavy atom. The highest BCUT2D eigenvalue weighted by Crippen LogP contribution is 2.34. The molecule has 5 rings (SSSR count). The largest absolute Gasteiger partial charge is 0.325 e. The van der Waals surface area contributed by atoms with Gasteiger partial charge < -0.3 is 5.32 Å². The Morgan fingerprint density at radius 2 is 1.84 bits per heavy atom. The topological polar surface area (TPSA) is 64.0 Å². The van der Waals surface area contributed by atoms with E-state index < -0.39 is 0 Å². The molecule has 162 valence electrons. The van der Waals surface area contributed by atoms with Crippen LogP contribution in [0.1, 0.15) is 23.3 Å². The molecule has 0 bridgehead atoms. The molecule has 1 aliphatic carbocycles. The highest BCUT2D eigenvalue weighted by molar-refractivity contribution is 7.99. The number of thiophene rings is 1. The number of carbonyl (C=O) groups excluding carboxylic acids is 1. The molecule has 7 heteroatoms. The van der Waals surface area contributed by atoms with Crippen LogP contribution in [0.5, 0.6) is 0 Å². The van der Waals surface area contributed by atoms with Gasteiger partial charge in [-0.3, -0.25) is 14.2 Å². The number of nitrogens with one attached hydrogen (secondary N) is 1. The van der Waals surface area contributed by atoms with E-state index >= 15 is 0 Å². The Morgan fingerprint density at radius 3 is 2.69 bits per heavy atom. The van der Waals surface area contributed by atoms with Crippen molar-refractivity contribution in [3.05, 3.63) is 75.4 Å². The second-order valence-electron chi connectivity index (χ2n) is 7.90. The molecule has 1 N–H and O–H groups in total. The SMILES string of the molecule is Cn1c(SCC(=O)Nc2ccccc2-c2ccccc2)nc2sc3c(c2c1=O)CCCC3. The number of nitrogens with zero attached hydrogens (tertiary/aromatic N) is 2. The molecule has 0 spiro atoms. The maximum absolute atomic E-state index is 13.0. The van der Waals surface area contributed by atoms with Gasteiger partial charge in [0.2, 0.25) is 5.91 Å². The smallest absolute Gasteiger partial charge is 0.262 e. The molecule has 0 saturated carbocycles. The van der Waals surface area contributed by atoms with Gasteiger partial charge in [-0.2, -0.15) is 0 Å². The van der Waals surface area contributed by atoms with Gasteiger partial charge in [0.15, 0.2) is 5.16 Å². The van der Waals surface area contributed by atoms with Crippen molar-refractivity contribution in [2.75, 3.05) is 11.1 Å². The second kappa shape index (κ2) is 8.92. The van der Waals surface area contributed by atoms with Crippen molar-refractivity contribution in [2.45, 2.75) is 30.8 Å². The third-order valence-electron chi connectivity index (χ3n) is 5.77. The lowest BCUT2D eigenvalue weighted by Gasteiger charge is -2.12. The first-order chi connectivity index (χ1) is 15.6. The van der Waals surface area contributed by atoms with Crippen LogP contribution in [0.4, 0.5) is 5.69 Å². The number of rotatable bonds is 5. The van der Waals surface area contributed by atoms with Gasteiger partial charge in [-0.05, 0) is 42.9 Å². The van der Waals surface area contributed by atoms with Gasteiger partial charge in [-0.15, -0.1) is 11.3 Å². The van der Waals surface area contributed by atoms with E-state index in [-0.39, 0.29) is 17.2 Å². The van der Waals surface area contributed by atoms with Gasteiger partial charge in [-0.25, -0.2) is 4.98 Å². The molecule has 2 aromatic carbocycles. The zero-order valence-corrected chi connectivity index (χ0v) is 19.4. The average molecular weight is 462 g/mol. The molecular weight excluding hydrogens is 438 g/mol. The summed E-state index contributed by atoms with van der Waals surface area (Å²) in [5.41, 5.74) is 3.98. The Labute approximate surface area is 194 Å². The third kappa shape index (κ3) is 3.98. The number of fused-ring (bicyclic) bond motifs is 3. The fourth-order valence-corrected chi connectivity index (χ4v) is 6.25. The number of hydrogen-bond acceptors (Lipinski definition) is 5. The number of carbonyl (C=O) groups is 1. The van der Waals surface area contributed by atoms with Crippen LogP contribution in [0.3, 0.4) is 0 Å². The lowest BCUT2D eigenvalue weighted by molar-refractivity contribution is -0.113. The molecule has 4 aromatic rings. The van der Waals surface area contributed by atoms with Crippen molar-refractivity contribution in [1.82, 2.24) is 9.55 Å². The standard InChI is InChI=1S/C25H23N3O2S2/c1-28-24(30)22-18-12-6-8-14-20(18)32-23(22)27-25(28)31-15-21(29)26-19-13-7-5-11-17(19)16-9-3-2-4-10-16/h2-5,7,9-11,13H,6,8,12,14-15H2,1H3,(H,26,29). The Kier molecular flexibility index (Phi) is 5.85. The molecular formula is C25H23N3O2S2. The highest BCUT2D eigenvalue weighted by atomic mass is 32.2. The van der Waals surface area contributed by atoms with E-state index in [0.717, 1.165) is 46.3 Å². The molecule has 0 unspecified atom stereocenters. The monoisotopic (exact) mass is 461 g/mol. The van der Waals surface area contributed by atoms with Gasteiger partial charge in [0.25, 0.3) is 5.56 Å². The van der Waals surface area contributed by atoms with Crippen LogP contribution < -0.4 is 10.9 Å². The van der Waals surface area contributed by atoms with E-state index in [9.17, 15) is 9.59 Å². The number of aromatic nitrogens is 2. The van der Waals surface area contributed by atoms with Crippen molar-refractivity contribution in [3.8, 4) is 11.1 Å². The highest BCUT2D eigenvalue weighted by Gasteiger charge is 2.21. The minimum absolute atomic E-state index is 0.00766. The quantitative estimate of drug-likeness (QED) is 0.325. The van der Waals surface area contributed by atoms with Crippen molar-refractivity contribution in [2.24, 2.45) is 7.05 Å². The summed E-state index contributed by atoms with van der Waals surface area (Å²) in [4.78, 5) is 32.6. The van der Waals surface area contributed by atoms with Crippen LogP contribution in [0.15, 0.2) is 64.5 Å². The minimum atomic E-state index is -0.127. The number of benzene rings is 2. The summed E-state index contributed by atoms with van der Waals surface area (Å²) >= 11 is 2.93. The predicted octanol–water partition coefficient (Wildman–Crippen LogP) is 5.27. The zero-order chi connectivity index (χ0) is 22.1. The van der Waals surface area contributed by atoms with E-state index in [2.05, 4.69) is 5.32 Å². The average Bonchev–Trinajstić information content (AvgIpc) is 3.20. The lowest BCUT2D eigenvalue weighted by atomic mass is 9.97. The molecule has 2 aromatic heterocycles. The Balaban J connectivity index is 1.35. The summed E-state index contributed by atoms with van der Waals surface area (Å²) in [6, 6.07) is 17.7. The number of anilines is 1. The lowest BCUT2D eigenvalue weighted by Crippen LogP contribution is -2.22. The van der Waals surface area contributed by atoms with E-state index in [4.69, 9.17) is 4.98 Å². The van der Waals surface area contributed by atoms with Crippen LogP contribution >= 0.6 is 23.1 Å². The van der Waals surface area contributed by atoms with Gasteiger partial charge in [0, 0.05) is 23.2 Å². The zero-order valence-electron chi connectivity index (χ0n) is 17.8. The summed E-state index contributed by atoms with van der Waals surface area (Å²) in [7, 11) is 1.74. The normalized spacial score (nSPS) is 13.2. The van der Waals surface area contributed by atoms with Crippen LogP contribution in [-0.2, 0) is 24.7 Å². The Bertz CT molecular complexity index is 1360. The molecule has 0 radical (unpaired) electrons. The fourth-order valence-electron chi connectivity index (χ4n) is 4.17. The van der Waals surface area contributed by atoms with Crippen molar-refractivity contribution < 1.29 is 4.79 Å². The van der Waals surface area contributed by atoms with Gasteiger partial charge >= 0.3 is 0 Å². The first-order valence-electron chi connectivity index (χ1n) is 10.7. The molecule has 5 nitrogen and oxygen atoms in total. The number of aryl methyl sites for hydroxylation is 2. The van der Waals surface area contributed by atoms with E-state index in [1.807, 2.05) is 54.6 Å². The number of hydrogen-bond donors (Lipinski definition) is 1. The molecule has 1 aliphatic rings. The van der Waals surface area contributed by atoms with E-state index in [1.165, 1.54) is 28.6 Å². The minimum Gasteiger partial charge on any atom is -0.325 e. The maximum atomic E-state index is 13.0. The van der Waals surface area contributed by atoms with Gasteiger partial charge in [0.1, 0.15) is 4.83 Å². The van der Waals surface area contributed by atoms with Crippen molar-refractivity contribution >= 4 is 44.9 Å². The van der Waals surface area contributed by atoms with Crippen molar-refractivity contribution in [3.63, 3.8) is 0 Å². The summed E-state index contributed by atoms with van der Waals surface area (Å²) in [6.07, 6.45) is 4.29. The maximum Gasteiger partial charge on any atom is 0.262 e. The van der Waals surface area contributed by atoms with Crippen LogP contribution in [0.2, 0.25) is 0 Å². The third-order valence-corrected chi connectivity index (χ3v) is 7.99. The molecule has 32 heavy (non-hydrogen) atoms. The van der Waals surface area contributed by atoms with Crippen LogP contribution in [0, 0.1) is 0 Å². The Hall–Kier alpha value is -2.90. The number of thioether (sulfide) groups is 1. The number of amides is 1. The number of para-hydroxylation sites is 1. The molecule has 0 saturated heterocycles. The van der Waals surface area contributed by atoms with Crippen LogP contribution in [-0.4, -0.2) is 21.2 Å². The van der Waals surface area contributed by atoms with Crippen molar-refractivity contribution in [1.29, 1.82) is 0 Å². The van der Waals surface area contributed by atoms with Gasteiger partial charge in [0.05, 0.1) is 11.1 Å². The predicted molar refractivity (Wildman–Crippen MR) is 133 cm³/mol. The van der Waals surface area contributed by atoms with E-state index in [0.29, 0.717) is 5.16 Å². The van der Waals surface area contributed by atoms with Crippen LogP contribution in [0.25, 0.3) is 21.3 Å². The summed E-state index contributed by atoms with van der Waals surface area (Å²) < 4.78 is 1.58. The molecule has 1 amide bonds. The molecule has 0 fully saturated rings. The first-order valence-corrected chi connectivity index (χ1v) is 12.5. The van der Waals surface area contributed by atoms with Gasteiger partial charge in [-0.1, -0.05) is 60.3 Å². The summed E-state index contributed by atoms with van der Waals surface area (Å²) in [5, 5.41) is 4.37. The fraction of sp³-hybridized carbons (Fsp3) is 0.240. The second-order valence-corrected chi connectivity index (χ2v) is 9.92.